The molecule has 1 spiro atoms. The summed E-state index contributed by atoms with van der Waals surface area (Å²) in [5.41, 5.74) is -1.23. The van der Waals surface area contributed by atoms with Crippen LogP contribution in [-0.2, 0) is 14.3 Å². The predicted octanol–water partition coefficient (Wildman–Crippen LogP) is 2.66. The Morgan fingerprint density at radius 3 is 2.61 bits per heavy atom. The molecular formula is C19H19NO3. The van der Waals surface area contributed by atoms with Crippen molar-refractivity contribution in [1.82, 2.24) is 0 Å². The number of Topliss-reactive ketones (excluding diaryl/α,β-unsaturated/α-hetero) is 1. The van der Waals surface area contributed by atoms with E-state index in [4.69, 9.17) is 4.74 Å². The number of rotatable bonds is 0. The van der Waals surface area contributed by atoms with Gasteiger partial charge < -0.3 is 4.74 Å². The predicted molar refractivity (Wildman–Crippen MR) is 83.1 cm³/mol. The van der Waals surface area contributed by atoms with Gasteiger partial charge in [-0.3, -0.25) is 9.59 Å². The third-order valence-electron chi connectivity index (χ3n) is 6.48. The Balaban J connectivity index is 2.03. The summed E-state index contributed by atoms with van der Waals surface area (Å²) < 4.78 is 6.18. The summed E-state index contributed by atoms with van der Waals surface area (Å²) in [5.74, 6) is -0.212. The van der Waals surface area contributed by atoms with E-state index in [0.717, 1.165) is 12.0 Å². The van der Waals surface area contributed by atoms with Crippen LogP contribution in [0.5, 0.6) is 0 Å². The van der Waals surface area contributed by atoms with Crippen molar-refractivity contribution >= 4 is 11.6 Å². The average Bonchev–Trinajstić information content (AvgIpc) is 3.21. The molecule has 0 N–H and O–H groups in total. The number of hydrogen-bond acceptors (Lipinski definition) is 4. The fourth-order valence-corrected chi connectivity index (χ4v) is 5.38. The van der Waals surface area contributed by atoms with Gasteiger partial charge in [-0.1, -0.05) is 13.0 Å². The maximum Gasteiger partial charge on any atom is 0.181 e. The number of ether oxygens (including phenoxy) is 1. The molecule has 2 unspecified atom stereocenters. The molecule has 1 heterocycles. The molecule has 0 amide bonds. The number of fused-ring (bicyclic) bond motifs is 2. The van der Waals surface area contributed by atoms with Crippen LogP contribution in [-0.4, -0.2) is 23.3 Å². The smallest absolute Gasteiger partial charge is 0.181 e. The van der Waals surface area contributed by atoms with Crippen molar-refractivity contribution < 1.29 is 14.3 Å². The van der Waals surface area contributed by atoms with Crippen LogP contribution in [0.25, 0.3) is 0 Å². The molecule has 23 heavy (non-hydrogen) atoms. The Morgan fingerprint density at radius 2 is 1.96 bits per heavy atom. The summed E-state index contributed by atoms with van der Waals surface area (Å²) in [6.07, 6.45) is 7.70. The first-order valence-electron chi connectivity index (χ1n) is 7.94. The molecular weight excluding hydrogens is 290 g/mol. The Labute approximate surface area is 135 Å². The van der Waals surface area contributed by atoms with Gasteiger partial charge in [0.15, 0.2) is 11.6 Å². The monoisotopic (exact) mass is 309 g/mol. The van der Waals surface area contributed by atoms with E-state index < -0.39 is 16.4 Å². The molecule has 4 rings (SSSR count). The Hall–Kier alpha value is -1.99. The van der Waals surface area contributed by atoms with Crippen LogP contribution < -0.4 is 0 Å². The van der Waals surface area contributed by atoms with Crippen molar-refractivity contribution in [1.29, 1.82) is 5.26 Å². The lowest BCUT2D eigenvalue weighted by atomic mass is 9.45. The van der Waals surface area contributed by atoms with Crippen LogP contribution in [0, 0.1) is 27.6 Å². The number of carbonyl (C=O) groups excluding carboxylic acids is 2. The number of allylic oxidation sites excluding steroid dienone is 4. The molecule has 0 aromatic carbocycles. The fraction of sp³-hybridized carbons (Fsp3) is 0.526. The molecule has 4 aliphatic rings. The fourth-order valence-electron chi connectivity index (χ4n) is 5.38. The highest BCUT2D eigenvalue weighted by Crippen LogP contribution is 2.74. The Morgan fingerprint density at radius 1 is 1.26 bits per heavy atom. The summed E-state index contributed by atoms with van der Waals surface area (Å²) in [5, 5.41) is 9.43. The first kappa shape index (κ1) is 14.6. The maximum atomic E-state index is 12.7. The zero-order chi connectivity index (χ0) is 16.8. The first-order valence-corrected chi connectivity index (χ1v) is 7.94. The van der Waals surface area contributed by atoms with Gasteiger partial charge in [0.05, 0.1) is 17.1 Å². The zero-order valence-corrected chi connectivity index (χ0v) is 13.8. The largest absolute Gasteiger partial charge is 0.364 e. The van der Waals surface area contributed by atoms with Crippen LogP contribution >= 0.6 is 0 Å². The van der Waals surface area contributed by atoms with Crippen LogP contribution in [0.1, 0.15) is 34.1 Å². The molecule has 4 heteroatoms. The van der Waals surface area contributed by atoms with E-state index >= 15 is 0 Å². The minimum atomic E-state index is -0.793. The van der Waals surface area contributed by atoms with Crippen LogP contribution in [0.4, 0.5) is 0 Å². The molecule has 0 bridgehead atoms. The number of ketones is 2. The highest BCUT2D eigenvalue weighted by molar-refractivity contribution is 6.06. The number of nitrogens with zero attached hydrogens (tertiary/aromatic N) is 1. The Bertz CT molecular complexity index is 809. The van der Waals surface area contributed by atoms with Crippen molar-refractivity contribution in [3.05, 3.63) is 35.5 Å². The summed E-state index contributed by atoms with van der Waals surface area (Å²) in [4.78, 5) is 24.8. The van der Waals surface area contributed by atoms with Crippen molar-refractivity contribution in [3.8, 4) is 6.07 Å². The lowest BCUT2D eigenvalue weighted by Crippen LogP contribution is -2.60. The molecule has 4 nitrogen and oxygen atoms in total. The summed E-state index contributed by atoms with van der Waals surface area (Å²) in [6.45, 7) is 7.83. The number of epoxide rings is 1. The first-order chi connectivity index (χ1) is 10.6. The van der Waals surface area contributed by atoms with Crippen molar-refractivity contribution in [3.63, 3.8) is 0 Å². The topological polar surface area (TPSA) is 70.5 Å². The van der Waals surface area contributed by atoms with Gasteiger partial charge in [0.25, 0.3) is 0 Å². The minimum Gasteiger partial charge on any atom is -0.364 e. The highest BCUT2D eigenvalue weighted by atomic mass is 16.6. The van der Waals surface area contributed by atoms with Gasteiger partial charge in [0, 0.05) is 10.8 Å². The highest BCUT2D eigenvalue weighted by Gasteiger charge is 2.81. The van der Waals surface area contributed by atoms with E-state index in [-0.39, 0.29) is 28.7 Å². The van der Waals surface area contributed by atoms with Gasteiger partial charge in [-0.25, -0.2) is 0 Å². The van der Waals surface area contributed by atoms with E-state index in [1.165, 1.54) is 0 Å². The van der Waals surface area contributed by atoms with Crippen molar-refractivity contribution in [2.75, 3.05) is 0 Å². The maximum absolute atomic E-state index is 12.7. The molecule has 0 radical (unpaired) electrons. The van der Waals surface area contributed by atoms with E-state index in [0.29, 0.717) is 0 Å². The SMILES string of the molecule is CC12C=CC(=O)C=C1C1(C)C=C(C#N)C(=O)C(C)(C)[C@@]13O[C@H]3C2. The second-order valence-corrected chi connectivity index (χ2v) is 8.08. The standard InChI is InChI=1S/C19H19NO3/c1-16(2)15(22)11(10-20)8-18(4)13-7-12(21)5-6-17(13,3)9-14-19(16,18)23-14/h5-8,14H,9H2,1-4H3/t14-,17?,18?,19+/m0/s1. The van der Waals surface area contributed by atoms with Crippen molar-refractivity contribution in [2.24, 2.45) is 16.2 Å². The van der Waals surface area contributed by atoms with Gasteiger partial charge in [-0.15, -0.1) is 0 Å². The summed E-state index contributed by atoms with van der Waals surface area (Å²) >= 11 is 0. The molecule has 118 valence electrons. The molecule has 0 aromatic heterocycles. The second kappa shape index (κ2) is 3.73. The van der Waals surface area contributed by atoms with Crippen LogP contribution in [0.15, 0.2) is 35.5 Å². The van der Waals surface area contributed by atoms with Crippen molar-refractivity contribution in [2.45, 2.75) is 45.8 Å². The lowest BCUT2D eigenvalue weighted by molar-refractivity contribution is -0.130. The third kappa shape index (κ3) is 1.36. The lowest BCUT2D eigenvalue weighted by Gasteiger charge is -2.54. The van der Waals surface area contributed by atoms with Gasteiger partial charge >= 0.3 is 0 Å². The van der Waals surface area contributed by atoms with Gasteiger partial charge in [-0.05, 0) is 51.0 Å². The van der Waals surface area contributed by atoms with E-state index in [1.54, 1.807) is 18.2 Å². The second-order valence-electron chi connectivity index (χ2n) is 8.08. The van der Waals surface area contributed by atoms with Gasteiger partial charge in [-0.2, -0.15) is 5.26 Å². The molecule has 0 aromatic rings. The molecule has 3 aliphatic carbocycles. The van der Waals surface area contributed by atoms with E-state index in [1.807, 2.05) is 32.9 Å². The summed E-state index contributed by atoms with van der Waals surface area (Å²) in [6, 6.07) is 2.05. The average molecular weight is 309 g/mol. The molecule has 1 saturated carbocycles. The number of nitriles is 1. The minimum absolute atomic E-state index is 0.0389. The molecule has 1 aliphatic heterocycles. The molecule has 2 fully saturated rings. The van der Waals surface area contributed by atoms with Gasteiger partial charge in [0.2, 0.25) is 0 Å². The zero-order valence-electron chi connectivity index (χ0n) is 13.8. The van der Waals surface area contributed by atoms with Crippen LogP contribution in [0.2, 0.25) is 0 Å². The quantitative estimate of drug-likeness (QED) is 0.645. The third-order valence-corrected chi connectivity index (χ3v) is 6.48. The summed E-state index contributed by atoms with van der Waals surface area (Å²) in [7, 11) is 0. The van der Waals surface area contributed by atoms with E-state index in [9.17, 15) is 14.9 Å². The van der Waals surface area contributed by atoms with Crippen LogP contribution in [0.3, 0.4) is 0 Å². The van der Waals surface area contributed by atoms with E-state index in [2.05, 4.69) is 6.92 Å². The normalized spacial score (nSPS) is 46.0. The number of hydrogen-bond donors (Lipinski definition) is 0. The van der Waals surface area contributed by atoms with Gasteiger partial charge in [0.1, 0.15) is 11.7 Å². The number of carbonyl (C=O) groups is 2. The molecule has 4 atom stereocenters. The molecule has 1 saturated heterocycles. The Kier molecular flexibility index (Phi) is 2.37.